The Morgan fingerprint density at radius 3 is 2.81 bits per heavy atom. The van der Waals surface area contributed by atoms with Crippen LogP contribution in [0, 0.1) is 21.4 Å². The van der Waals surface area contributed by atoms with Gasteiger partial charge >= 0.3 is 5.69 Å². The predicted molar refractivity (Wildman–Crippen MR) is 62.4 cm³/mol. The topological polar surface area (TPSA) is 87.2 Å². The number of hydrogen-bond donors (Lipinski definition) is 2. The quantitative estimate of drug-likeness (QED) is 0.478. The van der Waals surface area contributed by atoms with Crippen LogP contribution in [0.1, 0.15) is 11.1 Å². The van der Waals surface area contributed by atoms with Crippen LogP contribution in [-0.4, -0.2) is 15.8 Å². The minimum Gasteiger partial charge on any atom is -0.502 e. The van der Waals surface area contributed by atoms with Gasteiger partial charge in [0.15, 0.2) is 0 Å². The Morgan fingerprint density at radius 2 is 2.31 bits per heavy atom. The third-order valence-electron chi connectivity index (χ3n) is 1.85. The van der Waals surface area contributed by atoms with Crippen molar-refractivity contribution in [3.8, 4) is 11.8 Å². The van der Waals surface area contributed by atoms with Crippen molar-refractivity contribution in [1.82, 2.24) is 0 Å². The number of thiol groups is 1. The van der Waals surface area contributed by atoms with Crippen molar-refractivity contribution in [3.05, 3.63) is 39.4 Å². The standard InChI is InChI=1S/C10H8N2O3S/c11-6-7-4-8(2-1-3-16)10(13)9(5-7)12(14)15/h1-2,4-5,13,16H,3H2. The second-order valence-electron chi connectivity index (χ2n) is 2.89. The molecule has 0 unspecified atom stereocenters. The first-order valence-corrected chi connectivity index (χ1v) is 4.92. The number of nitro groups is 1. The number of nitriles is 1. The van der Waals surface area contributed by atoms with E-state index in [4.69, 9.17) is 5.26 Å². The molecule has 0 aliphatic heterocycles. The number of nitro benzene ring substituents is 1. The minimum atomic E-state index is -0.728. The summed E-state index contributed by atoms with van der Waals surface area (Å²) < 4.78 is 0. The Hall–Kier alpha value is -2.00. The summed E-state index contributed by atoms with van der Waals surface area (Å²) in [4.78, 5) is 9.88. The van der Waals surface area contributed by atoms with E-state index in [-0.39, 0.29) is 11.1 Å². The van der Waals surface area contributed by atoms with Crippen molar-refractivity contribution < 1.29 is 10.0 Å². The first-order chi connectivity index (χ1) is 7.60. The molecule has 82 valence electrons. The summed E-state index contributed by atoms with van der Waals surface area (Å²) in [6.07, 6.45) is 3.10. The second-order valence-corrected chi connectivity index (χ2v) is 3.25. The molecule has 0 aliphatic rings. The van der Waals surface area contributed by atoms with Gasteiger partial charge in [-0.1, -0.05) is 12.2 Å². The minimum absolute atomic E-state index is 0.128. The molecule has 0 bridgehead atoms. The fourth-order valence-electron chi connectivity index (χ4n) is 1.15. The first kappa shape index (κ1) is 12.1. The third-order valence-corrected chi connectivity index (χ3v) is 2.06. The summed E-state index contributed by atoms with van der Waals surface area (Å²) in [7, 11) is 0. The van der Waals surface area contributed by atoms with Gasteiger partial charge in [-0.2, -0.15) is 17.9 Å². The van der Waals surface area contributed by atoms with Crippen LogP contribution in [0.2, 0.25) is 0 Å². The van der Waals surface area contributed by atoms with Gasteiger partial charge in [0.05, 0.1) is 16.6 Å². The lowest BCUT2D eigenvalue weighted by atomic mass is 10.1. The number of nitrogens with zero attached hydrogens (tertiary/aromatic N) is 2. The average Bonchev–Trinajstić information content (AvgIpc) is 2.27. The molecule has 5 nitrogen and oxygen atoms in total. The van der Waals surface area contributed by atoms with Crippen LogP contribution in [0.5, 0.6) is 5.75 Å². The van der Waals surface area contributed by atoms with Crippen LogP contribution < -0.4 is 0 Å². The number of hydrogen-bond acceptors (Lipinski definition) is 5. The zero-order chi connectivity index (χ0) is 12.1. The van der Waals surface area contributed by atoms with Gasteiger partial charge in [0.2, 0.25) is 5.75 Å². The summed E-state index contributed by atoms with van der Waals surface area (Å²) in [5, 5.41) is 28.9. The Bertz CT molecular complexity index is 492. The largest absolute Gasteiger partial charge is 0.502 e. The molecule has 0 spiro atoms. The van der Waals surface area contributed by atoms with Gasteiger partial charge in [0, 0.05) is 17.4 Å². The lowest BCUT2D eigenvalue weighted by molar-refractivity contribution is -0.385. The maximum absolute atomic E-state index is 10.6. The van der Waals surface area contributed by atoms with Crippen LogP contribution in [0.4, 0.5) is 5.69 Å². The highest BCUT2D eigenvalue weighted by Gasteiger charge is 2.17. The molecule has 1 aromatic carbocycles. The smallest absolute Gasteiger partial charge is 0.312 e. The number of rotatable bonds is 3. The van der Waals surface area contributed by atoms with E-state index in [9.17, 15) is 15.2 Å². The molecular formula is C10H8N2O3S. The number of phenols is 1. The summed E-state index contributed by atoms with van der Waals surface area (Å²) in [6.45, 7) is 0. The summed E-state index contributed by atoms with van der Waals surface area (Å²) >= 11 is 3.93. The molecule has 0 saturated heterocycles. The van der Waals surface area contributed by atoms with Crippen molar-refractivity contribution in [2.75, 3.05) is 5.75 Å². The molecule has 16 heavy (non-hydrogen) atoms. The lowest BCUT2D eigenvalue weighted by Gasteiger charge is -2.01. The van der Waals surface area contributed by atoms with E-state index in [1.54, 1.807) is 12.1 Å². The van der Waals surface area contributed by atoms with Gasteiger partial charge in [-0.05, 0) is 6.07 Å². The molecule has 0 heterocycles. The van der Waals surface area contributed by atoms with Gasteiger partial charge in [0.1, 0.15) is 0 Å². The summed E-state index contributed by atoms with van der Waals surface area (Å²) in [5.41, 5.74) is -0.110. The molecule has 6 heteroatoms. The summed E-state index contributed by atoms with van der Waals surface area (Å²) in [6, 6.07) is 4.21. The molecule has 1 N–H and O–H groups in total. The highest BCUT2D eigenvalue weighted by Crippen LogP contribution is 2.31. The van der Waals surface area contributed by atoms with E-state index >= 15 is 0 Å². The Kier molecular flexibility index (Phi) is 3.91. The van der Waals surface area contributed by atoms with Gasteiger partial charge in [-0.3, -0.25) is 10.1 Å². The maximum atomic E-state index is 10.6. The van der Waals surface area contributed by atoms with Crippen LogP contribution in [-0.2, 0) is 0 Å². The number of benzene rings is 1. The first-order valence-electron chi connectivity index (χ1n) is 4.29. The van der Waals surface area contributed by atoms with Crippen molar-refractivity contribution in [2.45, 2.75) is 0 Å². The van der Waals surface area contributed by atoms with Crippen molar-refractivity contribution >= 4 is 24.4 Å². The molecular weight excluding hydrogens is 228 g/mol. The molecule has 0 fully saturated rings. The number of aromatic hydroxyl groups is 1. The molecule has 0 aromatic heterocycles. The van der Waals surface area contributed by atoms with Crippen molar-refractivity contribution in [1.29, 1.82) is 5.26 Å². The lowest BCUT2D eigenvalue weighted by Crippen LogP contribution is -1.92. The highest BCUT2D eigenvalue weighted by atomic mass is 32.1. The summed E-state index contributed by atoms with van der Waals surface area (Å²) in [5.74, 6) is -0.00802. The van der Waals surface area contributed by atoms with E-state index < -0.39 is 16.4 Å². The molecule has 1 aromatic rings. The zero-order valence-electron chi connectivity index (χ0n) is 8.12. The SMILES string of the molecule is N#Cc1cc(C=CCS)c(O)c([N+](=O)[O-])c1. The zero-order valence-corrected chi connectivity index (χ0v) is 9.02. The monoisotopic (exact) mass is 236 g/mol. The average molecular weight is 236 g/mol. The van der Waals surface area contributed by atoms with Gasteiger partial charge < -0.3 is 5.11 Å². The molecule has 0 atom stereocenters. The van der Waals surface area contributed by atoms with Crippen molar-refractivity contribution in [3.63, 3.8) is 0 Å². The van der Waals surface area contributed by atoms with E-state index in [1.807, 2.05) is 0 Å². The predicted octanol–water partition coefficient (Wildman–Crippen LogP) is 2.12. The van der Waals surface area contributed by atoms with Gasteiger partial charge in [-0.25, -0.2) is 0 Å². The van der Waals surface area contributed by atoms with Gasteiger partial charge in [0.25, 0.3) is 0 Å². The fourth-order valence-corrected chi connectivity index (χ4v) is 1.26. The maximum Gasteiger partial charge on any atom is 0.312 e. The van der Waals surface area contributed by atoms with Gasteiger partial charge in [-0.15, -0.1) is 0 Å². The fraction of sp³-hybridized carbons (Fsp3) is 0.100. The normalized spacial score (nSPS) is 10.2. The van der Waals surface area contributed by atoms with Crippen LogP contribution in [0.15, 0.2) is 18.2 Å². The second kappa shape index (κ2) is 5.19. The molecule has 0 amide bonds. The Labute approximate surface area is 97.2 Å². The van der Waals surface area contributed by atoms with E-state index in [1.165, 1.54) is 12.1 Å². The van der Waals surface area contributed by atoms with Crippen molar-refractivity contribution in [2.24, 2.45) is 0 Å². The Balaban J connectivity index is 3.38. The highest BCUT2D eigenvalue weighted by molar-refractivity contribution is 7.80. The molecule has 0 radical (unpaired) electrons. The van der Waals surface area contributed by atoms with E-state index in [0.717, 1.165) is 6.07 Å². The third kappa shape index (κ3) is 2.52. The van der Waals surface area contributed by atoms with Crippen LogP contribution >= 0.6 is 12.6 Å². The van der Waals surface area contributed by atoms with E-state index in [2.05, 4.69) is 12.6 Å². The van der Waals surface area contributed by atoms with Crippen LogP contribution in [0.25, 0.3) is 6.08 Å². The van der Waals surface area contributed by atoms with Crippen LogP contribution in [0.3, 0.4) is 0 Å². The Morgan fingerprint density at radius 1 is 1.62 bits per heavy atom. The molecule has 0 aliphatic carbocycles. The van der Waals surface area contributed by atoms with E-state index in [0.29, 0.717) is 5.75 Å². The molecule has 1 rings (SSSR count). The number of phenolic OH excluding ortho intramolecular Hbond substituents is 1. The molecule has 0 saturated carbocycles.